The largest absolute Gasteiger partial charge is 0.454 e. The molecule has 0 aromatic heterocycles. The second-order valence-corrected chi connectivity index (χ2v) is 6.12. The molecule has 0 bridgehead atoms. The number of rotatable bonds is 3. The third-order valence-corrected chi connectivity index (χ3v) is 3.67. The smallest absolute Gasteiger partial charge is 0.175 e. The SMILES string of the molecule is CS(=O)(=O)c1ccc(Oc2ccc(C#N)cc2F)cc1. The van der Waals surface area contributed by atoms with Crippen LogP contribution in [0.2, 0.25) is 0 Å². The van der Waals surface area contributed by atoms with E-state index in [1.807, 2.05) is 6.07 Å². The molecule has 20 heavy (non-hydrogen) atoms. The van der Waals surface area contributed by atoms with Crippen molar-refractivity contribution < 1.29 is 17.5 Å². The topological polar surface area (TPSA) is 67.2 Å². The summed E-state index contributed by atoms with van der Waals surface area (Å²) in [5.41, 5.74) is 0.197. The lowest BCUT2D eigenvalue weighted by Crippen LogP contribution is -1.96. The van der Waals surface area contributed by atoms with Crippen LogP contribution in [0.4, 0.5) is 4.39 Å². The first-order chi connectivity index (χ1) is 9.40. The molecule has 0 heterocycles. The van der Waals surface area contributed by atoms with Crippen LogP contribution in [0.25, 0.3) is 0 Å². The van der Waals surface area contributed by atoms with E-state index in [1.165, 1.54) is 36.4 Å². The van der Waals surface area contributed by atoms with E-state index in [-0.39, 0.29) is 16.2 Å². The van der Waals surface area contributed by atoms with Gasteiger partial charge >= 0.3 is 0 Å². The summed E-state index contributed by atoms with van der Waals surface area (Å²) < 4.78 is 41.5. The highest BCUT2D eigenvalue weighted by Gasteiger charge is 2.09. The molecule has 4 nitrogen and oxygen atoms in total. The molecule has 0 aliphatic heterocycles. The summed E-state index contributed by atoms with van der Waals surface area (Å²) in [6, 6.07) is 11.3. The van der Waals surface area contributed by atoms with Crippen LogP contribution in [0, 0.1) is 17.1 Å². The number of halogens is 1. The lowest BCUT2D eigenvalue weighted by molar-refractivity contribution is 0.442. The summed E-state index contributed by atoms with van der Waals surface area (Å²) in [4.78, 5) is 0.158. The fourth-order valence-electron chi connectivity index (χ4n) is 1.54. The zero-order valence-corrected chi connectivity index (χ0v) is 11.3. The Hall–Kier alpha value is -2.39. The van der Waals surface area contributed by atoms with E-state index >= 15 is 0 Å². The maximum atomic E-state index is 13.6. The Kier molecular flexibility index (Phi) is 3.72. The molecule has 2 aromatic carbocycles. The summed E-state index contributed by atoms with van der Waals surface area (Å²) in [7, 11) is -3.28. The zero-order valence-electron chi connectivity index (χ0n) is 10.5. The van der Waals surface area contributed by atoms with Crippen molar-refractivity contribution >= 4 is 9.84 Å². The van der Waals surface area contributed by atoms with Gasteiger partial charge < -0.3 is 4.74 Å². The van der Waals surface area contributed by atoms with Gasteiger partial charge in [0.05, 0.1) is 16.5 Å². The maximum absolute atomic E-state index is 13.6. The van der Waals surface area contributed by atoms with Gasteiger partial charge in [0.2, 0.25) is 0 Å². The third kappa shape index (κ3) is 3.13. The second kappa shape index (κ2) is 5.31. The van der Waals surface area contributed by atoms with Crippen LogP contribution in [0.1, 0.15) is 5.56 Å². The molecule has 0 amide bonds. The number of nitrogens with zero attached hydrogens (tertiary/aromatic N) is 1. The van der Waals surface area contributed by atoms with E-state index in [0.717, 1.165) is 12.3 Å². The van der Waals surface area contributed by atoms with Crippen molar-refractivity contribution in [3.05, 3.63) is 53.8 Å². The molecular formula is C14H10FNO3S. The van der Waals surface area contributed by atoms with Gasteiger partial charge in [0.15, 0.2) is 21.4 Å². The average molecular weight is 291 g/mol. The van der Waals surface area contributed by atoms with Crippen molar-refractivity contribution in [3.63, 3.8) is 0 Å². The van der Waals surface area contributed by atoms with Gasteiger partial charge in [-0.1, -0.05) is 0 Å². The number of hydrogen-bond donors (Lipinski definition) is 0. The van der Waals surface area contributed by atoms with Crippen LogP contribution in [0.15, 0.2) is 47.4 Å². The summed E-state index contributed by atoms with van der Waals surface area (Å²) in [5.74, 6) is -0.381. The standard InChI is InChI=1S/C14H10FNO3S/c1-20(17,18)12-5-3-11(4-6-12)19-14-7-2-10(9-16)8-13(14)15/h2-8H,1H3. The van der Waals surface area contributed by atoms with Crippen molar-refractivity contribution in [2.75, 3.05) is 6.26 Å². The minimum Gasteiger partial charge on any atom is -0.454 e. The van der Waals surface area contributed by atoms with E-state index in [1.54, 1.807) is 0 Å². The van der Waals surface area contributed by atoms with Gasteiger partial charge in [0, 0.05) is 6.26 Å². The van der Waals surface area contributed by atoms with Gasteiger partial charge in [-0.2, -0.15) is 5.26 Å². The molecule has 0 aliphatic rings. The molecule has 0 spiro atoms. The van der Waals surface area contributed by atoms with Crippen LogP contribution in [-0.4, -0.2) is 14.7 Å². The fraction of sp³-hybridized carbons (Fsp3) is 0.0714. The van der Waals surface area contributed by atoms with Crippen molar-refractivity contribution in [2.45, 2.75) is 4.90 Å². The van der Waals surface area contributed by atoms with Crippen LogP contribution in [0.5, 0.6) is 11.5 Å². The van der Waals surface area contributed by atoms with Crippen molar-refractivity contribution in [1.82, 2.24) is 0 Å². The van der Waals surface area contributed by atoms with E-state index in [2.05, 4.69) is 0 Å². The molecule has 2 rings (SSSR count). The van der Waals surface area contributed by atoms with Gasteiger partial charge in [0.1, 0.15) is 5.75 Å². The Morgan fingerprint density at radius 2 is 1.80 bits per heavy atom. The number of sulfone groups is 1. The first kappa shape index (κ1) is 14.0. The van der Waals surface area contributed by atoms with Gasteiger partial charge in [-0.15, -0.1) is 0 Å². The molecule has 0 aliphatic carbocycles. The van der Waals surface area contributed by atoms with Crippen LogP contribution >= 0.6 is 0 Å². The second-order valence-electron chi connectivity index (χ2n) is 4.10. The highest BCUT2D eigenvalue weighted by atomic mass is 32.2. The van der Waals surface area contributed by atoms with Crippen LogP contribution in [0.3, 0.4) is 0 Å². The molecule has 0 N–H and O–H groups in total. The molecule has 6 heteroatoms. The highest BCUT2D eigenvalue weighted by Crippen LogP contribution is 2.26. The first-order valence-corrected chi connectivity index (χ1v) is 7.47. The van der Waals surface area contributed by atoms with Crippen molar-refractivity contribution in [3.8, 4) is 17.6 Å². The van der Waals surface area contributed by atoms with Gasteiger partial charge in [-0.3, -0.25) is 0 Å². The first-order valence-electron chi connectivity index (χ1n) is 5.58. The Morgan fingerprint density at radius 3 is 2.30 bits per heavy atom. The monoisotopic (exact) mass is 291 g/mol. The van der Waals surface area contributed by atoms with Gasteiger partial charge in [-0.05, 0) is 42.5 Å². The summed E-state index contributed by atoms with van der Waals surface area (Å²) in [5, 5.41) is 8.64. The highest BCUT2D eigenvalue weighted by molar-refractivity contribution is 7.90. The van der Waals surface area contributed by atoms with Crippen LogP contribution < -0.4 is 4.74 Å². The van der Waals surface area contributed by atoms with E-state index in [9.17, 15) is 12.8 Å². The van der Waals surface area contributed by atoms with Crippen molar-refractivity contribution in [2.24, 2.45) is 0 Å². The molecule has 102 valence electrons. The Balaban J connectivity index is 2.25. The predicted octanol–water partition coefficient (Wildman–Crippen LogP) is 2.89. The molecule has 0 saturated heterocycles. The minimum absolute atomic E-state index is 0.0314. The lowest BCUT2D eigenvalue weighted by Gasteiger charge is -2.07. The van der Waals surface area contributed by atoms with Crippen LogP contribution in [-0.2, 0) is 9.84 Å². The zero-order chi connectivity index (χ0) is 14.8. The molecule has 0 saturated carbocycles. The Morgan fingerprint density at radius 1 is 1.15 bits per heavy atom. The van der Waals surface area contributed by atoms with E-state index in [4.69, 9.17) is 10.00 Å². The fourth-order valence-corrected chi connectivity index (χ4v) is 2.17. The van der Waals surface area contributed by atoms with Gasteiger partial charge in [-0.25, -0.2) is 12.8 Å². The summed E-state index contributed by atoms with van der Waals surface area (Å²) in [6.07, 6.45) is 1.10. The van der Waals surface area contributed by atoms with E-state index in [0.29, 0.717) is 5.75 Å². The molecule has 0 radical (unpaired) electrons. The normalized spacial score (nSPS) is 10.8. The van der Waals surface area contributed by atoms with Gasteiger partial charge in [0.25, 0.3) is 0 Å². The molecule has 0 atom stereocenters. The number of nitriles is 1. The molecular weight excluding hydrogens is 281 g/mol. The Bertz CT molecular complexity index is 777. The minimum atomic E-state index is -3.28. The molecule has 0 unspecified atom stereocenters. The average Bonchev–Trinajstić information content (AvgIpc) is 2.40. The Labute approximate surface area is 116 Å². The predicted molar refractivity (Wildman–Crippen MR) is 70.7 cm³/mol. The van der Waals surface area contributed by atoms with Crippen molar-refractivity contribution in [1.29, 1.82) is 5.26 Å². The number of hydrogen-bond acceptors (Lipinski definition) is 4. The molecule has 0 fully saturated rings. The summed E-state index contributed by atoms with van der Waals surface area (Å²) in [6.45, 7) is 0. The third-order valence-electron chi connectivity index (χ3n) is 2.54. The van der Waals surface area contributed by atoms with E-state index < -0.39 is 15.7 Å². The maximum Gasteiger partial charge on any atom is 0.175 e. The number of benzene rings is 2. The molecule has 2 aromatic rings. The lowest BCUT2D eigenvalue weighted by atomic mass is 10.2. The summed E-state index contributed by atoms with van der Waals surface area (Å²) >= 11 is 0. The quantitative estimate of drug-likeness (QED) is 0.872. The number of ether oxygens (including phenoxy) is 1.